The van der Waals surface area contributed by atoms with Gasteiger partial charge in [0.2, 0.25) is 0 Å². The van der Waals surface area contributed by atoms with Gasteiger partial charge in [-0.3, -0.25) is 0 Å². The SMILES string of the molecule is CC(C)COC(=O)COCC(=O)OCC(C)(C)C. The van der Waals surface area contributed by atoms with Crippen LogP contribution in [0.1, 0.15) is 34.6 Å². The molecule has 0 unspecified atom stereocenters. The molecule has 0 heterocycles. The van der Waals surface area contributed by atoms with Crippen LogP contribution in [-0.4, -0.2) is 38.4 Å². The van der Waals surface area contributed by atoms with Gasteiger partial charge in [0.25, 0.3) is 0 Å². The molecule has 0 spiro atoms. The third kappa shape index (κ3) is 11.4. The van der Waals surface area contributed by atoms with Crippen LogP contribution in [0.4, 0.5) is 0 Å². The molecule has 0 amide bonds. The summed E-state index contributed by atoms with van der Waals surface area (Å²) >= 11 is 0. The van der Waals surface area contributed by atoms with Crippen molar-refractivity contribution in [2.75, 3.05) is 26.4 Å². The van der Waals surface area contributed by atoms with Gasteiger partial charge in [0, 0.05) is 0 Å². The summed E-state index contributed by atoms with van der Waals surface area (Å²) in [6.07, 6.45) is 0. The van der Waals surface area contributed by atoms with Crippen LogP contribution >= 0.6 is 0 Å². The quantitative estimate of drug-likeness (QED) is 0.653. The highest BCUT2D eigenvalue weighted by atomic mass is 16.6. The fourth-order valence-electron chi connectivity index (χ4n) is 0.858. The van der Waals surface area contributed by atoms with Gasteiger partial charge in [-0.25, -0.2) is 9.59 Å². The Morgan fingerprint density at radius 1 is 1.00 bits per heavy atom. The molecule has 0 saturated heterocycles. The van der Waals surface area contributed by atoms with Crippen molar-refractivity contribution < 1.29 is 23.8 Å². The van der Waals surface area contributed by atoms with E-state index in [1.807, 2.05) is 34.6 Å². The Morgan fingerprint density at radius 3 is 1.94 bits per heavy atom. The molecule has 18 heavy (non-hydrogen) atoms. The van der Waals surface area contributed by atoms with Gasteiger partial charge < -0.3 is 14.2 Å². The summed E-state index contributed by atoms with van der Waals surface area (Å²) in [5.74, 6) is -0.653. The lowest BCUT2D eigenvalue weighted by molar-refractivity contribution is -0.157. The van der Waals surface area contributed by atoms with Crippen molar-refractivity contribution in [1.29, 1.82) is 0 Å². The summed E-state index contributed by atoms with van der Waals surface area (Å²) in [5, 5.41) is 0. The minimum absolute atomic E-state index is 0.0775. The number of esters is 2. The second kappa shape index (κ2) is 8.08. The van der Waals surface area contributed by atoms with Gasteiger partial charge >= 0.3 is 11.9 Å². The number of carbonyl (C=O) groups is 2. The smallest absolute Gasteiger partial charge is 0.332 e. The molecule has 5 heteroatoms. The van der Waals surface area contributed by atoms with Crippen molar-refractivity contribution >= 4 is 11.9 Å². The van der Waals surface area contributed by atoms with Crippen LogP contribution in [0.2, 0.25) is 0 Å². The molecule has 0 N–H and O–H groups in total. The number of hydrogen-bond donors (Lipinski definition) is 0. The van der Waals surface area contributed by atoms with Gasteiger partial charge in [-0.2, -0.15) is 0 Å². The van der Waals surface area contributed by atoms with E-state index in [0.717, 1.165) is 0 Å². The van der Waals surface area contributed by atoms with Crippen molar-refractivity contribution in [1.82, 2.24) is 0 Å². The first-order chi connectivity index (χ1) is 8.20. The van der Waals surface area contributed by atoms with Gasteiger partial charge in [-0.15, -0.1) is 0 Å². The molecule has 0 aromatic carbocycles. The molecule has 0 fully saturated rings. The third-order valence-corrected chi connectivity index (χ3v) is 1.68. The van der Waals surface area contributed by atoms with Crippen LogP contribution in [-0.2, 0) is 23.8 Å². The molecular formula is C13H24O5. The molecule has 106 valence electrons. The Morgan fingerprint density at radius 2 is 1.50 bits per heavy atom. The van der Waals surface area contributed by atoms with Crippen LogP contribution < -0.4 is 0 Å². The van der Waals surface area contributed by atoms with Gasteiger partial charge in [0.05, 0.1) is 13.2 Å². The highest BCUT2D eigenvalue weighted by molar-refractivity contribution is 5.73. The molecule has 0 aliphatic rings. The Labute approximate surface area is 109 Å². The van der Waals surface area contributed by atoms with E-state index in [9.17, 15) is 9.59 Å². The number of carbonyl (C=O) groups excluding carboxylic acids is 2. The Kier molecular flexibility index (Phi) is 7.59. The van der Waals surface area contributed by atoms with Crippen molar-refractivity contribution in [3.05, 3.63) is 0 Å². The van der Waals surface area contributed by atoms with Crippen LogP contribution in [0.25, 0.3) is 0 Å². The highest BCUT2D eigenvalue weighted by Gasteiger charge is 2.14. The normalized spacial score (nSPS) is 11.4. The number of ether oxygens (including phenoxy) is 3. The first-order valence-corrected chi connectivity index (χ1v) is 6.09. The molecule has 0 rings (SSSR count). The molecule has 0 saturated carbocycles. The van der Waals surface area contributed by atoms with Crippen LogP contribution in [0.5, 0.6) is 0 Å². The predicted octanol–water partition coefficient (Wildman–Crippen LogP) is 1.79. The van der Waals surface area contributed by atoms with E-state index in [1.165, 1.54) is 0 Å². The molecular weight excluding hydrogens is 236 g/mol. The lowest BCUT2D eigenvalue weighted by Crippen LogP contribution is -2.23. The summed E-state index contributed by atoms with van der Waals surface area (Å²) in [6.45, 7) is 10.0. The molecule has 0 aliphatic heterocycles. The van der Waals surface area contributed by atoms with Crippen molar-refractivity contribution in [3.8, 4) is 0 Å². The van der Waals surface area contributed by atoms with Crippen LogP contribution in [0.15, 0.2) is 0 Å². The summed E-state index contributed by atoms with van der Waals surface area (Å²) in [5.41, 5.74) is -0.0775. The molecule has 0 aliphatic carbocycles. The highest BCUT2D eigenvalue weighted by Crippen LogP contribution is 2.12. The Balaban J connectivity index is 3.59. The van der Waals surface area contributed by atoms with Crippen LogP contribution in [0, 0.1) is 11.3 Å². The summed E-state index contributed by atoms with van der Waals surface area (Å²) in [7, 11) is 0. The van der Waals surface area contributed by atoms with Gasteiger partial charge in [-0.1, -0.05) is 34.6 Å². The average Bonchev–Trinajstić information content (AvgIpc) is 2.22. The predicted molar refractivity (Wildman–Crippen MR) is 67.0 cm³/mol. The summed E-state index contributed by atoms with van der Waals surface area (Å²) in [4.78, 5) is 22.4. The molecule has 0 radical (unpaired) electrons. The van der Waals surface area contributed by atoms with Gasteiger partial charge in [-0.05, 0) is 11.3 Å². The lowest BCUT2D eigenvalue weighted by atomic mass is 9.99. The molecule has 5 nitrogen and oxygen atoms in total. The first-order valence-electron chi connectivity index (χ1n) is 6.09. The van der Waals surface area contributed by atoms with Crippen molar-refractivity contribution in [2.24, 2.45) is 11.3 Å². The third-order valence-electron chi connectivity index (χ3n) is 1.68. The van der Waals surface area contributed by atoms with E-state index < -0.39 is 11.9 Å². The maximum atomic E-state index is 11.2. The van der Waals surface area contributed by atoms with E-state index in [4.69, 9.17) is 14.2 Å². The van der Waals surface area contributed by atoms with Gasteiger partial charge in [0.15, 0.2) is 0 Å². The lowest BCUT2D eigenvalue weighted by Gasteiger charge is -2.17. The first kappa shape index (κ1) is 16.9. The van der Waals surface area contributed by atoms with E-state index in [1.54, 1.807) is 0 Å². The maximum absolute atomic E-state index is 11.2. The zero-order valence-corrected chi connectivity index (χ0v) is 11.9. The van der Waals surface area contributed by atoms with E-state index in [0.29, 0.717) is 13.2 Å². The number of rotatable bonds is 7. The Hall–Kier alpha value is -1.10. The second-order valence-electron chi connectivity index (χ2n) is 5.79. The standard InChI is InChI=1S/C13H24O5/c1-10(2)6-17-11(14)7-16-8-12(15)18-9-13(3,4)5/h10H,6-9H2,1-5H3. The van der Waals surface area contributed by atoms with E-state index >= 15 is 0 Å². The van der Waals surface area contributed by atoms with Gasteiger partial charge in [0.1, 0.15) is 13.2 Å². The minimum Gasteiger partial charge on any atom is -0.464 e. The van der Waals surface area contributed by atoms with Crippen molar-refractivity contribution in [2.45, 2.75) is 34.6 Å². The topological polar surface area (TPSA) is 61.8 Å². The monoisotopic (exact) mass is 260 g/mol. The van der Waals surface area contributed by atoms with Crippen LogP contribution in [0.3, 0.4) is 0 Å². The van der Waals surface area contributed by atoms with E-state index in [-0.39, 0.29) is 24.5 Å². The molecule has 0 aromatic heterocycles. The molecule has 0 aromatic rings. The average molecular weight is 260 g/mol. The van der Waals surface area contributed by atoms with E-state index in [2.05, 4.69) is 0 Å². The molecule has 0 bridgehead atoms. The maximum Gasteiger partial charge on any atom is 0.332 e. The summed E-state index contributed by atoms with van der Waals surface area (Å²) < 4.78 is 14.8. The second-order valence-corrected chi connectivity index (χ2v) is 5.79. The zero-order chi connectivity index (χ0) is 14.2. The minimum atomic E-state index is -0.471. The fraction of sp³-hybridized carbons (Fsp3) is 0.846. The zero-order valence-electron chi connectivity index (χ0n) is 11.9. The molecule has 0 atom stereocenters. The number of hydrogen-bond acceptors (Lipinski definition) is 5. The largest absolute Gasteiger partial charge is 0.464 e. The summed E-state index contributed by atoms with van der Waals surface area (Å²) in [6, 6.07) is 0. The Bertz CT molecular complexity index is 265. The van der Waals surface area contributed by atoms with Crippen molar-refractivity contribution in [3.63, 3.8) is 0 Å². The fourth-order valence-corrected chi connectivity index (χ4v) is 0.858.